The number of nitrogens with one attached hydrogen (secondary N) is 1. The molecule has 1 rings (SSSR count). The maximum Gasteiger partial charge on any atom is 0.331 e. The summed E-state index contributed by atoms with van der Waals surface area (Å²) < 4.78 is 15.8. The van der Waals surface area contributed by atoms with Crippen molar-refractivity contribution >= 4 is 18.0 Å². The van der Waals surface area contributed by atoms with E-state index in [-0.39, 0.29) is 24.2 Å². The average molecular weight is 349 g/mol. The van der Waals surface area contributed by atoms with Crippen LogP contribution in [0, 0.1) is 0 Å². The van der Waals surface area contributed by atoms with Crippen molar-refractivity contribution in [3.05, 3.63) is 29.8 Å². The maximum absolute atomic E-state index is 11.7. The molecule has 0 saturated heterocycles. The van der Waals surface area contributed by atoms with Crippen molar-refractivity contribution in [3.8, 4) is 11.5 Å². The quantitative estimate of drug-likeness (QED) is 0.605. The van der Waals surface area contributed by atoms with Crippen LogP contribution >= 0.6 is 0 Å². The van der Waals surface area contributed by atoms with Gasteiger partial charge in [0.2, 0.25) is 0 Å². The Labute approximate surface area is 149 Å². The lowest BCUT2D eigenvalue weighted by Crippen LogP contribution is -2.42. The first kappa shape index (κ1) is 20.5. The third kappa shape index (κ3) is 8.24. The number of carbonyl (C=O) groups excluding carboxylic acids is 2. The molecule has 1 aromatic rings. The summed E-state index contributed by atoms with van der Waals surface area (Å²) in [5, 5.41) is 2.71. The molecule has 0 heterocycles. The van der Waals surface area contributed by atoms with Gasteiger partial charge in [-0.2, -0.15) is 0 Å². The fourth-order valence-corrected chi connectivity index (χ4v) is 1.94. The molecule has 0 fully saturated rings. The van der Waals surface area contributed by atoms with E-state index in [0.29, 0.717) is 11.5 Å². The van der Waals surface area contributed by atoms with Crippen LogP contribution in [0.5, 0.6) is 11.5 Å². The molecule has 25 heavy (non-hydrogen) atoms. The van der Waals surface area contributed by atoms with Gasteiger partial charge in [0.25, 0.3) is 5.91 Å². The Morgan fingerprint density at radius 2 is 1.88 bits per heavy atom. The largest absolute Gasteiger partial charge is 0.493 e. The number of esters is 1. The first-order valence-electron chi connectivity index (χ1n) is 8.11. The first-order chi connectivity index (χ1) is 11.6. The van der Waals surface area contributed by atoms with Crippen molar-refractivity contribution in [2.45, 2.75) is 46.3 Å². The summed E-state index contributed by atoms with van der Waals surface area (Å²) in [6, 6.07) is 5.34. The highest BCUT2D eigenvalue weighted by molar-refractivity contribution is 5.89. The zero-order valence-electron chi connectivity index (χ0n) is 15.7. The lowest BCUT2D eigenvalue weighted by Gasteiger charge is -2.20. The second kappa shape index (κ2) is 9.11. The number of amides is 1. The van der Waals surface area contributed by atoms with Crippen molar-refractivity contribution in [1.29, 1.82) is 0 Å². The summed E-state index contributed by atoms with van der Waals surface area (Å²) in [7, 11) is 1.55. The molecule has 0 saturated carbocycles. The van der Waals surface area contributed by atoms with Gasteiger partial charge in [-0.1, -0.05) is 6.07 Å². The highest BCUT2D eigenvalue weighted by Crippen LogP contribution is 2.29. The summed E-state index contributed by atoms with van der Waals surface area (Å²) in [5.74, 6) is 0.279. The molecule has 0 unspecified atom stereocenters. The second-order valence-electron chi connectivity index (χ2n) is 6.82. The number of rotatable bonds is 7. The zero-order valence-corrected chi connectivity index (χ0v) is 15.7. The Hall–Kier alpha value is -2.50. The molecule has 1 amide bonds. The normalized spacial score (nSPS) is 11.5. The molecule has 0 spiro atoms. The number of methoxy groups -OCH3 is 1. The van der Waals surface area contributed by atoms with Crippen molar-refractivity contribution in [2.24, 2.45) is 0 Å². The number of benzene rings is 1. The number of ether oxygens (including phenoxy) is 3. The summed E-state index contributed by atoms with van der Waals surface area (Å²) in [4.78, 5) is 23.3. The Bertz CT molecular complexity index is 629. The van der Waals surface area contributed by atoms with Crippen molar-refractivity contribution in [2.75, 3.05) is 13.7 Å². The summed E-state index contributed by atoms with van der Waals surface area (Å²) >= 11 is 0. The molecular weight excluding hydrogens is 322 g/mol. The van der Waals surface area contributed by atoms with E-state index in [1.165, 1.54) is 6.08 Å². The predicted octanol–water partition coefficient (Wildman–Crippen LogP) is 2.95. The van der Waals surface area contributed by atoms with Gasteiger partial charge in [0.15, 0.2) is 18.1 Å². The van der Waals surface area contributed by atoms with E-state index in [0.717, 1.165) is 5.56 Å². The van der Waals surface area contributed by atoms with Gasteiger partial charge in [-0.25, -0.2) is 4.79 Å². The van der Waals surface area contributed by atoms with Gasteiger partial charge in [-0.05, 0) is 58.4 Å². The molecule has 0 aliphatic rings. The number of hydrogen-bond donors (Lipinski definition) is 1. The minimum Gasteiger partial charge on any atom is -0.493 e. The highest BCUT2D eigenvalue weighted by Gasteiger charge is 2.14. The Morgan fingerprint density at radius 3 is 2.44 bits per heavy atom. The van der Waals surface area contributed by atoms with E-state index in [2.05, 4.69) is 5.32 Å². The SMILES string of the molecule is COc1cc(/C=C/C(=O)OCC(=O)NC(C)(C)C)ccc1OC(C)C. The molecule has 0 atom stereocenters. The zero-order chi connectivity index (χ0) is 19.0. The number of hydrogen-bond acceptors (Lipinski definition) is 5. The van der Waals surface area contributed by atoms with E-state index >= 15 is 0 Å². The van der Waals surface area contributed by atoms with Gasteiger partial charge in [0, 0.05) is 11.6 Å². The molecule has 6 nitrogen and oxygen atoms in total. The molecule has 0 aromatic heterocycles. The maximum atomic E-state index is 11.7. The molecule has 6 heteroatoms. The van der Waals surface area contributed by atoms with Gasteiger partial charge < -0.3 is 19.5 Å². The molecule has 0 radical (unpaired) electrons. The minimum absolute atomic E-state index is 0.0320. The van der Waals surface area contributed by atoms with Crippen molar-refractivity contribution < 1.29 is 23.8 Å². The number of carbonyl (C=O) groups is 2. The van der Waals surface area contributed by atoms with Crippen LogP contribution in [0.2, 0.25) is 0 Å². The summed E-state index contributed by atoms with van der Waals surface area (Å²) in [6.45, 7) is 9.11. The first-order valence-corrected chi connectivity index (χ1v) is 8.11. The van der Waals surface area contributed by atoms with Crippen molar-refractivity contribution in [3.63, 3.8) is 0 Å². The molecule has 0 aliphatic heterocycles. The van der Waals surface area contributed by atoms with Gasteiger partial charge in [0.1, 0.15) is 0 Å². The van der Waals surface area contributed by atoms with Crippen molar-refractivity contribution in [1.82, 2.24) is 5.32 Å². The molecule has 0 aliphatic carbocycles. The van der Waals surface area contributed by atoms with Crippen LogP contribution in [0.15, 0.2) is 24.3 Å². The molecule has 1 N–H and O–H groups in total. The minimum atomic E-state index is -0.592. The summed E-state index contributed by atoms with van der Waals surface area (Å²) in [5.41, 5.74) is 0.388. The topological polar surface area (TPSA) is 73.9 Å². The van der Waals surface area contributed by atoms with Crippen LogP contribution in [-0.4, -0.2) is 37.2 Å². The van der Waals surface area contributed by atoms with E-state index in [1.807, 2.05) is 34.6 Å². The Kier molecular flexibility index (Phi) is 7.48. The van der Waals surface area contributed by atoms with Crippen LogP contribution in [0.1, 0.15) is 40.2 Å². The molecule has 138 valence electrons. The van der Waals surface area contributed by atoms with E-state index < -0.39 is 5.97 Å². The van der Waals surface area contributed by atoms with E-state index in [4.69, 9.17) is 14.2 Å². The lowest BCUT2D eigenvalue weighted by molar-refractivity contribution is -0.144. The van der Waals surface area contributed by atoms with Crippen LogP contribution in [0.3, 0.4) is 0 Å². The Balaban J connectivity index is 2.62. The average Bonchev–Trinajstić information content (AvgIpc) is 2.49. The third-order valence-electron chi connectivity index (χ3n) is 2.82. The second-order valence-corrected chi connectivity index (χ2v) is 6.82. The lowest BCUT2D eigenvalue weighted by atomic mass is 10.1. The van der Waals surface area contributed by atoms with Crippen LogP contribution < -0.4 is 14.8 Å². The third-order valence-corrected chi connectivity index (χ3v) is 2.82. The van der Waals surface area contributed by atoms with Gasteiger partial charge in [-0.3, -0.25) is 4.79 Å². The fraction of sp³-hybridized carbons (Fsp3) is 0.474. The summed E-state index contributed by atoms with van der Waals surface area (Å²) in [6.07, 6.45) is 2.89. The smallest absolute Gasteiger partial charge is 0.331 e. The van der Waals surface area contributed by atoms with Crippen LogP contribution in [0.4, 0.5) is 0 Å². The van der Waals surface area contributed by atoms with Gasteiger partial charge >= 0.3 is 5.97 Å². The molecule has 1 aromatic carbocycles. The van der Waals surface area contributed by atoms with Crippen LogP contribution in [-0.2, 0) is 14.3 Å². The standard InChI is InChI=1S/C19H27NO5/c1-13(2)25-15-9-7-14(11-16(15)23-6)8-10-18(22)24-12-17(21)20-19(3,4)5/h7-11,13H,12H2,1-6H3,(H,20,21)/b10-8+. The monoisotopic (exact) mass is 349 g/mol. The molecular formula is C19H27NO5. The Morgan fingerprint density at radius 1 is 1.20 bits per heavy atom. The predicted molar refractivity (Wildman–Crippen MR) is 96.6 cm³/mol. The van der Waals surface area contributed by atoms with E-state index in [9.17, 15) is 9.59 Å². The van der Waals surface area contributed by atoms with E-state index in [1.54, 1.807) is 31.4 Å². The van der Waals surface area contributed by atoms with Crippen LogP contribution in [0.25, 0.3) is 6.08 Å². The van der Waals surface area contributed by atoms with Gasteiger partial charge in [-0.15, -0.1) is 0 Å². The fourth-order valence-electron chi connectivity index (χ4n) is 1.94. The molecule has 0 bridgehead atoms. The highest BCUT2D eigenvalue weighted by atomic mass is 16.5. The van der Waals surface area contributed by atoms with Gasteiger partial charge in [0.05, 0.1) is 13.2 Å².